The van der Waals surface area contributed by atoms with Gasteiger partial charge in [0.2, 0.25) is 0 Å². The van der Waals surface area contributed by atoms with Crippen molar-refractivity contribution >= 4 is 15.6 Å². The summed E-state index contributed by atoms with van der Waals surface area (Å²) in [5, 5.41) is -0.884. The maximum absolute atomic E-state index is 12.8. The standard InChI is InChI=1S/C16H22O3S/c1-11-5-7-12(8-6-11)20(18,19)15-13(16(2,3)4)9-10-14(15)17/h5-8,13,15H,9-10H2,1-4H3/t13-,15+/m0/s1. The van der Waals surface area contributed by atoms with E-state index < -0.39 is 15.1 Å². The van der Waals surface area contributed by atoms with Crippen LogP contribution in [0.3, 0.4) is 0 Å². The number of Topliss-reactive ketones (excluding diaryl/α,β-unsaturated/α-hetero) is 1. The highest BCUT2D eigenvalue weighted by Gasteiger charge is 2.48. The highest BCUT2D eigenvalue weighted by Crippen LogP contribution is 2.42. The monoisotopic (exact) mass is 294 g/mol. The van der Waals surface area contributed by atoms with Crippen LogP contribution in [0.4, 0.5) is 0 Å². The molecule has 0 spiro atoms. The Labute approximate surface area is 121 Å². The third-order valence-corrected chi connectivity index (χ3v) is 6.37. The van der Waals surface area contributed by atoms with Crippen molar-refractivity contribution in [2.24, 2.45) is 11.3 Å². The molecule has 0 bridgehead atoms. The molecule has 0 unspecified atom stereocenters. The zero-order valence-corrected chi connectivity index (χ0v) is 13.3. The lowest BCUT2D eigenvalue weighted by molar-refractivity contribution is -0.117. The number of ketones is 1. The number of carbonyl (C=O) groups excluding carboxylic acids is 1. The molecule has 1 fully saturated rings. The van der Waals surface area contributed by atoms with E-state index in [1.54, 1.807) is 24.3 Å². The van der Waals surface area contributed by atoms with E-state index in [1.165, 1.54) is 0 Å². The van der Waals surface area contributed by atoms with Gasteiger partial charge in [-0.2, -0.15) is 0 Å². The van der Waals surface area contributed by atoms with Gasteiger partial charge in [0.15, 0.2) is 15.6 Å². The fraction of sp³-hybridized carbons (Fsp3) is 0.562. The number of sulfone groups is 1. The van der Waals surface area contributed by atoms with E-state index >= 15 is 0 Å². The number of rotatable bonds is 2. The van der Waals surface area contributed by atoms with Gasteiger partial charge in [0.05, 0.1) is 4.90 Å². The van der Waals surface area contributed by atoms with Crippen LogP contribution in [0.15, 0.2) is 29.2 Å². The lowest BCUT2D eigenvalue weighted by atomic mass is 9.79. The molecular formula is C16H22O3S. The predicted octanol–water partition coefficient (Wildman–Crippen LogP) is 3.16. The van der Waals surface area contributed by atoms with Gasteiger partial charge in [-0.1, -0.05) is 38.5 Å². The molecule has 0 N–H and O–H groups in total. The topological polar surface area (TPSA) is 51.2 Å². The van der Waals surface area contributed by atoms with Crippen molar-refractivity contribution in [2.45, 2.75) is 50.7 Å². The number of carbonyl (C=O) groups is 1. The second kappa shape index (κ2) is 4.99. The first-order chi connectivity index (χ1) is 9.14. The minimum absolute atomic E-state index is 0.110. The Morgan fingerprint density at radius 1 is 1.10 bits per heavy atom. The average Bonchev–Trinajstić information content (AvgIpc) is 2.72. The van der Waals surface area contributed by atoms with Crippen molar-refractivity contribution in [1.82, 2.24) is 0 Å². The largest absolute Gasteiger partial charge is 0.298 e. The first-order valence-corrected chi connectivity index (χ1v) is 8.52. The normalized spacial score (nSPS) is 24.1. The van der Waals surface area contributed by atoms with Crippen LogP contribution in [0.25, 0.3) is 0 Å². The number of benzene rings is 1. The highest BCUT2D eigenvalue weighted by atomic mass is 32.2. The molecular weight excluding hydrogens is 272 g/mol. The van der Waals surface area contributed by atoms with E-state index in [4.69, 9.17) is 0 Å². The first kappa shape index (κ1) is 15.2. The van der Waals surface area contributed by atoms with Crippen LogP contribution < -0.4 is 0 Å². The molecule has 0 amide bonds. The quantitative estimate of drug-likeness (QED) is 0.842. The van der Waals surface area contributed by atoms with Crippen LogP contribution in [0, 0.1) is 18.3 Å². The van der Waals surface area contributed by atoms with Crippen molar-refractivity contribution in [3.63, 3.8) is 0 Å². The molecule has 1 aromatic rings. The van der Waals surface area contributed by atoms with E-state index in [9.17, 15) is 13.2 Å². The van der Waals surface area contributed by atoms with Gasteiger partial charge in [0.25, 0.3) is 0 Å². The lowest BCUT2D eigenvalue weighted by Gasteiger charge is -2.31. The minimum Gasteiger partial charge on any atom is -0.298 e. The number of hydrogen-bond donors (Lipinski definition) is 0. The summed E-state index contributed by atoms with van der Waals surface area (Å²) < 4.78 is 25.6. The van der Waals surface area contributed by atoms with E-state index in [2.05, 4.69) is 0 Å². The second-order valence-corrected chi connectivity index (χ2v) is 8.83. The summed E-state index contributed by atoms with van der Waals surface area (Å²) >= 11 is 0. The zero-order chi connectivity index (χ0) is 15.1. The smallest absolute Gasteiger partial charge is 0.188 e. The number of aryl methyl sites for hydroxylation is 1. The Hall–Kier alpha value is -1.16. The second-order valence-electron chi connectivity index (χ2n) is 6.76. The average molecular weight is 294 g/mol. The van der Waals surface area contributed by atoms with Gasteiger partial charge >= 0.3 is 0 Å². The molecule has 0 heterocycles. The van der Waals surface area contributed by atoms with Gasteiger partial charge in [0, 0.05) is 6.42 Å². The van der Waals surface area contributed by atoms with Crippen LogP contribution >= 0.6 is 0 Å². The Balaban J connectivity index is 2.46. The van der Waals surface area contributed by atoms with Crippen LogP contribution in [0.5, 0.6) is 0 Å². The summed E-state index contributed by atoms with van der Waals surface area (Å²) in [7, 11) is -3.59. The van der Waals surface area contributed by atoms with Crippen molar-refractivity contribution in [3.05, 3.63) is 29.8 Å². The number of hydrogen-bond acceptors (Lipinski definition) is 3. The highest BCUT2D eigenvalue weighted by molar-refractivity contribution is 7.92. The van der Waals surface area contributed by atoms with Crippen LogP contribution in [-0.4, -0.2) is 19.5 Å². The van der Waals surface area contributed by atoms with Crippen LogP contribution in [-0.2, 0) is 14.6 Å². The molecule has 3 nitrogen and oxygen atoms in total. The molecule has 0 aliphatic heterocycles. The summed E-state index contributed by atoms with van der Waals surface area (Å²) in [6, 6.07) is 6.77. The van der Waals surface area contributed by atoms with Gasteiger partial charge in [-0.25, -0.2) is 8.42 Å². The summed E-state index contributed by atoms with van der Waals surface area (Å²) in [6.07, 6.45) is 1.04. The van der Waals surface area contributed by atoms with E-state index in [1.807, 2.05) is 27.7 Å². The molecule has 0 radical (unpaired) electrons. The van der Waals surface area contributed by atoms with E-state index in [0.29, 0.717) is 12.8 Å². The summed E-state index contributed by atoms with van der Waals surface area (Å²) in [6.45, 7) is 7.94. The van der Waals surface area contributed by atoms with Crippen molar-refractivity contribution in [3.8, 4) is 0 Å². The molecule has 110 valence electrons. The molecule has 0 saturated heterocycles. The fourth-order valence-corrected chi connectivity index (χ4v) is 5.22. The SMILES string of the molecule is Cc1ccc(S(=O)(=O)[C@H]2C(=O)CC[C@@H]2C(C)(C)C)cc1. The molecule has 2 rings (SSSR count). The van der Waals surface area contributed by atoms with E-state index in [-0.39, 0.29) is 22.0 Å². The molecule has 1 saturated carbocycles. The maximum Gasteiger partial charge on any atom is 0.188 e. The molecule has 4 heteroatoms. The van der Waals surface area contributed by atoms with Crippen LogP contribution in [0.1, 0.15) is 39.2 Å². The van der Waals surface area contributed by atoms with Crippen molar-refractivity contribution in [1.29, 1.82) is 0 Å². The Morgan fingerprint density at radius 2 is 1.65 bits per heavy atom. The summed E-state index contributed by atoms with van der Waals surface area (Å²) in [4.78, 5) is 12.4. The lowest BCUT2D eigenvalue weighted by Crippen LogP contribution is -2.37. The van der Waals surface area contributed by atoms with E-state index in [0.717, 1.165) is 5.56 Å². The van der Waals surface area contributed by atoms with Gasteiger partial charge in [0.1, 0.15) is 5.25 Å². The summed E-state index contributed by atoms with van der Waals surface area (Å²) in [5.41, 5.74) is 0.822. The van der Waals surface area contributed by atoms with Crippen molar-refractivity contribution in [2.75, 3.05) is 0 Å². The van der Waals surface area contributed by atoms with Gasteiger partial charge in [-0.3, -0.25) is 4.79 Å². The van der Waals surface area contributed by atoms with Crippen molar-refractivity contribution < 1.29 is 13.2 Å². The first-order valence-electron chi connectivity index (χ1n) is 6.97. The third kappa shape index (κ3) is 2.66. The predicted molar refractivity (Wildman–Crippen MR) is 79.3 cm³/mol. The fourth-order valence-electron chi connectivity index (χ4n) is 2.97. The molecule has 1 aliphatic rings. The Morgan fingerprint density at radius 3 is 2.15 bits per heavy atom. The molecule has 1 aliphatic carbocycles. The van der Waals surface area contributed by atoms with Gasteiger partial charge in [-0.05, 0) is 36.8 Å². The zero-order valence-electron chi connectivity index (χ0n) is 12.5. The Bertz CT molecular complexity index is 606. The van der Waals surface area contributed by atoms with Gasteiger partial charge < -0.3 is 0 Å². The molecule has 1 aromatic carbocycles. The summed E-state index contributed by atoms with van der Waals surface area (Å²) in [5.74, 6) is -0.244. The third-order valence-electron chi connectivity index (χ3n) is 4.18. The minimum atomic E-state index is -3.59. The molecule has 20 heavy (non-hydrogen) atoms. The molecule has 2 atom stereocenters. The maximum atomic E-state index is 12.8. The molecule has 0 aromatic heterocycles. The van der Waals surface area contributed by atoms with Gasteiger partial charge in [-0.15, -0.1) is 0 Å². The van der Waals surface area contributed by atoms with Crippen LogP contribution in [0.2, 0.25) is 0 Å². The Kier molecular flexibility index (Phi) is 3.80.